The summed E-state index contributed by atoms with van der Waals surface area (Å²) in [5.74, 6) is 6.83. The number of carbonyl (C=O) groups excluding carboxylic acids is 1. The maximum absolute atomic E-state index is 11.9. The van der Waals surface area contributed by atoms with Gasteiger partial charge in [0, 0.05) is 24.1 Å². The van der Waals surface area contributed by atoms with Crippen molar-refractivity contribution in [1.29, 1.82) is 0 Å². The van der Waals surface area contributed by atoms with Gasteiger partial charge in [-0.1, -0.05) is 24.0 Å². The fourth-order valence-corrected chi connectivity index (χ4v) is 4.01. The third-order valence-corrected chi connectivity index (χ3v) is 5.16. The van der Waals surface area contributed by atoms with E-state index in [1.54, 1.807) is 0 Å². The van der Waals surface area contributed by atoms with Gasteiger partial charge in [-0.15, -0.1) is 0 Å². The Labute approximate surface area is 138 Å². The first kappa shape index (κ1) is 15.9. The van der Waals surface area contributed by atoms with Crippen LogP contribution in [0.5, 0.6) is 0 Å². The summed E-state index contributed by atoms with van der Waals surface area (Å²) >= 11 is 0. The van der Waals surface area contributed by atoms with Crippen LogP contribution in [-0.4, -0.2) is 36.2 Å². The Balaban J connectivity index is 1.83. The molecule has 0 unspecified atom stereocenters. The van der Waals surface area contributed by atoms with Crippen LogP contribution in [-0.2, 0) is 4.74 Å². The normalized spacial score (nSPS) is 29.4. The molecule has 0 bridgehead atoms. The molecular formula is C19H24N2O2. The Bertz CT molecular complexity index is 661. The molecule has 4 heteroatoms. The first-order chi connectivity index (χ1) is 11.0. The van der Waals surface area contributed by atoms with Crippen molar-refractivity contribution in [3.05, 3.63) is 35.4 Å². The fourth-order valence-electron chi connectivity index (χ4n) is 4.01. The van der Waals surface area contributed by atoms with Crippen LogP contribution < -0.4 is 5.73 Å². The van der Waals surface area contributed by atoms with E-state index in [4.69, 9.17) is 10.5 Å². The summed E-state index contributed by atoms with van der Waals surface area (Å²) in [6.07, 6.45) is 3.53. The number of carbonyl (C=O) groups is 1. The van der Waals surface area contributed by atoms with Gasteiger partial charge >= 0.3 is 6.09 Å². The van der Waals surface area contributed by atoms with Gasteiger partial charge in [0.25, 0.3) is 0 Å². The molecular weight excluding hydrogens is 288 g/mol. The van der Waals surface area contributed by atoms with Crippen molar-refractivity contribution in [3.63, 3.8) is 0 Å². The second-order valence-electron chi connectivity index (χ2n) is 6.68. The molecule has 2 fully saturated rings. The lowest BCUT2D eigenvalue weighted by molar-refractivity contribution is 0.0964. The van der Waals surface area contributed by atoms with E-state index in [0.29, 0.717) is 6.54 Å². The predicted octanol–water partition coefficient (Wildman–Crippen LogP) is 2.68. The zero-order valence-electron chi connectivity index (χ0n) is 13.8. The number of amides is 1. The van der Waals surface area contributed by atoms with Gasteiger partial charge in [-0.2, -0.15) is 0 Å². The number of likely N-dealkylation sites (tertiary alicyclic amines) is 1. The van der Waals surface area contributed by atoms with Gasteiger partial charge in [-0.05, 0) is 50.3 Å². The number of methoxy groups -OCH3 is 1. The molecule has 4 nitrogen and oxygen atoms in total. The molecule has 3 atom stereocenters. The topological polar surface area (TPSA) is 55.6 Å². The number of benzene rings is 1. The van der Waals surface area contributed by atoms with Crippen LogP contribution in [0.4, 0.5) is 4.79 Å². The third kappa shape index (κ3) is 3.07. The van der Waals surface area contributed by atoms with Gasteiger partial charge in [0.2, 0.25) is 0 Å². The minimum absolute atomic E-state index is 0.160. The molecule has 2 aliphatic rings. The zero-order valence-corrected chi connectivity index (χ0v) is 13.8. The highest BCUT2D eigenvalue weighted by atomic mass is 16.5. The van der Waals surface area contributed by atoms with E-state index in [-0.39, 0.29) is 18.1 Å². The lowest BCUT2D eigenvalue weighted by Crippen LogP contribution is -2.54. The Morgan fingerprint density at radius 1 is 1.43 bits per heavy atom. The number of ether oxygens (including phenoxy) is 1. The minimum atomic E-state index is -0.518. The van der Waals surface area contributed by atoms with E-state index in [1.165, 1.54) is 12.7 Å². The van der Waals surface area contributed by atoms with Crippen LogP contribution in [0.2, 0.25) is 0 Å². The van der Waals surface area contributed by atoms with E-state index >= 15 is 0 Å². The number of hydrogen-bond donors (Lipinski definition) is 1. The maximum Gasteiger partial charge on any atom is 0.409 e. The van der Waals surface area contributed by atoms with Gasteiger partial charge in [-0.3, -0.25) is 0 Å². The predicted molar refractivity (Wildman–Crippen MR) is 89.8 cm³/mol. The molecule has 2 N–H and O–H groups in total. The number of nitrogens with zero attached hydrogens (tertiary/aromatic N) is 1. The molecule has 1 saturated heterocycles. The largest absolute Gasteiger partial charge is 0.453 e. The second kappa shape index (κ2) is 6.25. The van der Waals surface area contributed by atoms with Crippen LogP contribution in [0.15, 0.2) is 24.3 Å². The Morgan fingerprint density at radius 2 is 2.26 bits per heavy atom. The van der Waals surface area contributed by atoms with E-state index in [0.717, 1.165) is 31.2 Å². The van der Waals surface area contributed by atoms with Crippen molar-refractivity contribution in [2.75, 3.05) is 13.7 Å². The van der Waals surface area contributed by atoms with Gasteiger partial charge < -0.3 is 15.4 Å². The molecule has 1 amide bonds. The lowest BCUT2D eigenvalue weighted by atomic mass is 9.71. The molecule has 3 rings (SSSR count). The average molecular weight is 312 g/mol. The van der Waals surface area contributed by atoms with E-state index in [9.17, 15) is 4.79 Å². The summed E-state index contributed by atoms with van der Waals surface area (Å²) in [5, 5.41) is 0. The van der Waals surface area contributed by atoms with E-state index in [2.05, 4.69) is 30.9 Å². The smallest absolute Gasteiger partial charge is 0.409 e. The van der Waals surface area contributed by atoms with Crippen LogP contribution in [0, 0.1) is 24.7 Å². The molecule has 122 valence electrons. The molecule has 0 radical (unpaired) electrons. The summed E-state index contributed by atoms with van der Waals surface area (Å²) in [5.41, 5.74) is 8.36. The minimum Gasteiger partial charge on any atom is -0.453 e. The molecule has 1 aromatic carbocycles. The molecule has 23 heavy (non-hydrogen) atoms. The van der Waals surface area contributed by atoms with Crippen LogP contribution in [0.1, 0.15) is 36.8 Å². The molecule has 1 aliphatic heterocycles. The third-order valence-electron chi connectivity index (χ3n) is 5.16. The van der Waals surface area contributed by atoms with Crippen LogP contribution in [0.3, 0.4) is 0 Å². The monoisotopic (exact) mass is 312 g/mol. The molecule has 0 spiro atoms. The van der Waals surface area contributed by atoms with Crippen LogP contribution in [0.25, 0.3) is 0 Å². The van der Waals surface area contributed by atoms with Crippen molar-refractivity contribution < 1.29 is 9.53 Å². The molecule has 1 aromatic rings. The first-order valence-electron chi connectivity index (χ1n) is 8.27. The number of nitrogens with two attached hydrogens (primary N) is 1. The maximum atomic E-state index is 11.9. The van der Waals surface area contributed by atoms with Crippen molar-refractivity contribution in [3.8, 4) is 11.8 Å². The molecule has 1 saturated carbocycles. The van der Waals surface area contributed by atoms with Gasteiger partial charge in [0.05, 0.1) is 12.6 Å². The highest BCUT2D eigenvalue weighted by Crippen LogP contribution is 2.41. The Hall–Kier alpha value is -1.99. The zero-order chi connectivity index (χ0) is 16.4. The van der Waals surface area contributed by atoms with Crippen molar-refractivity contribution >= 4 is 6.09 Å². The van der Waals surface area contributed by atoms with Gasteiger partial charge in [0.1, 0.15) is 0 Å². The average Bonchev–Trinajstić information content (AvgIpc) is 2.98. The summed E-state index contributed by atoms with van der Waals surface area (Å²) in [6, 6.07) is 8.32. The van der Waals surface area contributed by atoms with Gasteiger partial charge in [-0.25, -0.2) is 4.79 Å². The Morgan fingerprint density at radius 3 is 3.00 bits per heavy atom. The second-order valence-corrected chi connectivity index (χ2v) is 6.68. The quantitative estimate of drug-likeness (QED) is 0.749. The van der Waals surface area contributed by atoms with Crippen molar-refractivity contribution in [2.45, 2.75) is 44.2 Å². The highest BCUT2D eigenvalue weighted by Gasteiger charge is 2.49. The highest BCUT2D eigenvalue weighted by molar-refractivity contribution is 5.68. The lowest BCUT2D eigenvalue weighted by Gasteiger charge is -2.40. The summed E-state index contributed by atoms with van der Waals surface area (Å²) in [7, 11) is 1.44. The first-order valence-corrected chi connectivity index (χ1v) is 8.27. The summed E-state index contributed by atoms with van der Waals surface area (Å²) < 4.78 is 4.90. The number of aryl methyl sites for hydroxylation is 1. The fraction of sp³-hybridized carbons (Fsp3) is 0.526. The van der Waals surface area contributed by atoms with Gasteiger partial charge in [0.15, 0.2) is 0 Å². The summed E-state index contributed by atoms with van der Waals surface area (Å²) in [6.45, 7) is 2.78. The molecule has 1 heterocycles. The van der Waals surface area contributed by atoms with Crippen molar-refractivity contribution in [2.24, 2.45) is 11.7 Å². The Kier molecular flexibility index (Phi) is 4.32. The van der Waals surface area contributed by atoms with Crippen LogP contribution >= 0.6 is 0 Å². The SMILES string of the molecule is COC(=O)N1CC[C@@H]2[C@H]1CCC[C@@]2(N)C#Cc1cccc(C)c1. The summed E-state index contributed by atoms with van der Waals surface area (Å²) in [4.78, 5) is 13.8. The van der Waals surface area contributed by atoms with E-state index < -0.39 is 5.54 Å². The van der Waals surface area contributed by atoms with E-state index in [1.807, 2.05) is 17.0 Å². The molecule has 0 aromatic heterocycles. The number of fused-ring (bicyclic) bond motifs is 1. The van der Waals surface area contributed by atoms with Crippen molar-refractivity contribution in [1.82, 2.24) is 4.90 Å². The number of hydrogen-bond acceptors (Lipinski definition) is 3. The number of rotatable bonds is 0. The molecule has 1 aliphatic carbocycles. The standard InChI is InChI=1S/C19H24N2O2/c1-14-5-3-6-15(13-14)8-11-19(20)10-4-7-17-16(19)9-12-21(17)18(22)23-2/h3,5-6,13,16-17H,4,7,9-10,12,20H2,1-2H3/t16-,17-,19-/m1/s1.